The second kappa shape index (κ2) is 7.96. The zero-order valence-corrected chi connectivity index (χ0v) is 16.4. The second-order valence-corrected chi connectivity index (χ2v) is 9.01. The molecule has 0 aromatic heterocycles. The SMILES string of the molecule is CC1CCN(S(=O)(=O)c2ccc(NC(=O)c3ccccc3Cl)c(F)c2)CC1. The maximum Gasteiger partial charge on any atom is 0.257 e. The van der Waals surface area contributed by atoms with Gasteiger partial charge in [-0.25, -0.2) is 12.8 Å². The van der Waals surface area contributed by atoms with Gasteiger partial charge in [-0.2, -0.15) is 4.31 Å². The number of amides is 1. The van der Waals surface area contributed by atoms with Crippen molar-refractivity contribution in [2.75, 3.05) is 18.4 Å². The van der Waals surface area contributed by atoms with Gasteiger partial charge >= 0.3 is 0 Å². The lowest BCUT2D eigenvalue weighted by Gasteiger charge is -2.29. The average Bonchev–Trinajstić information content (AvgIpc) is 2.64. The lowest BCUT2D eigenvalue weighted by molar-refractivity contribution is 0.102. The van der Waals surface area contributed by atoms with Crippen molar-refractivity contribution in [1.29, 1.82) is 0 Å². The number of benzene rings is 2. The molecule has 1 N–H and O–H groups in total. The number of carbonyl (C=O) groups is 1. The number of nitrogens with zero attached hydrogens (tertiary/aromatic N) is 1. The van der Waals surface area contributed by atoms with Crippen LogP contribution in [-0.2, 0) is 10.0 Å². The Kier molecular flexibility index (Phi) is 5.83. The van der Waals surface area contributed by atoms with E-state index in [1.165, 1.54) is 22.5 Å². The molecule has 0 bridgehead atoms. The molecule has 1 fully saturated rings. The van der Waals surface area contributed by atoms with Gasteiger partial charge in [0.25, 0.3) is 5.91 Å². The second-order valence-electron chi connectivity index (χ2n) is 6.66. The number of carbonyl (C=O) groups excluding carboxylic acids is 1. The van der Waals surface area contributed by atoms with Crippen molar-refractivity contribution in [3.05, 3.63) is 58.9 Å². The molecule has 1 saturated heterocycles. The van der Waals surface area contributed by atoms with Gasteiger partial charge in [0.15, 0.2) is 0 Å². The molecule has 0 atom stereocenters. The zero-order valence-electron chi connectivity index (χ0n) is 14.8. The van der Waals surface area contributed by atoms with Gasteiger partial charge in [0.1, 0.15) is 5.82 Å². The van der Waals surface area contributed by atoms with E-state index < -0.39 is 21.7 Å². The van der Waals surface area contributed by atoms with Gasteiger partial charge in [0, 0.05) is 13.1 Å². The highest BCUT2D eigenvalue weighted by atomic mass is 35.5. The van der Waals surface area contributed by atoms with E-state index in [0.29, 0.717) is 19.0 Å². The number of halogens is 2. The van der Waals surface area contributed by atoms with Crippen LogP contribution in [0.5, 0.6) is 0 Å². The van der Waals surface area contributed by atoms with Crippen molar-refractivity contribution in [3.8, 4) is 0 Å². The first-order valence-electron chi connectivity index (χ1n) is 8.64. The molecule has 2 aromatic rings. The highest BCUT2D eigenvalue weighted by Gasteiger charge is 2.28. The van der Waals surface area contributed by atoms with Crippen LogP contribution >= 0.6 is 11.6 Å². The van der Waals surface area contributed by atoms with E-state index in [9.17, 15) is 17.6 Å². The van der Waals surface area contributed by atoms with Crippen LogP contribution in [-0.4, -0.2) is 31.7 Å². The summed E-state index contributed by atoms with van der Waals surface area (Å²) in [6, 6.07) is 9.90. The first-order valence-corrected chi connectivity index (χ1v) is 10.5. The molecule has 5 nitrogen and oxygen atoms in total. The maximum absolute atomic E-state index is 14.5. The molecular formula is C19H20ClFN2O3S. The predicted molar refractivity (Wildman–Crippen MR) is 103 cm³/mol. The number of nitrogens with one attached hydrogen (secondary N) is 1. The van der Waals surface area contributed by atoms with Crippen LogP contribution in [0.4, 0.5) is 10.1 Å². The maximum atomic E-state index is 14.5. The first kappa shape index (κ1) is 19.8. The Morgan fingerprint density at radius 1 is 1.19 bits per heavy atom. The third kappa shape index (κ3) is 4.31. The summed E-state index contributed by atoms with van der Waals surface area (Å²) in [6.07, 6.45) is 1.57. The molecule has 2 aromatic carbocycles. The van der Waals surface area contributed by atoms with E-state index in [0.717, 1.165) is 18.9 Å². The third-order valence-electron chi connectivity index (χ3n) is 4.69. The molecule has 8 heteroatoms. The molecule has 1 aliphatic rings. The average molecular weight is 411 g/mol. The summed E-state index contributed by atoms with van der Waals surface area (Å²) in [7, 11) is -3.75. The van der Waals surface area contributed by atoms with Crippen LogP contribution in [0.1, 0.15) is 30.1 Å². The van der Waals surface area contributed by atoms with Crippen LogP contribution in [0, 0.1) is 11.7 Å². The topological polar surface area (TPSA) is 66.5 Å². The Hall–Kier alpha value is -1.96. The van der Waals surface area contributed by atoms with Crippen LogP contribution in [0.25, 0.3) is 0 Å². The summed E-state index contributed by atoms with van der Waals surface area (Å²) < 4.78 is 41.2. The van der Waals surface area contributed by atoms with Crippen molar-refractivity contribution in [1.82, 2.24) is 4.31 Å². The predicted octanol–water partition coefficient (Wildman–Crippen LogP) is 4.15. The van der Waals surface area contributed by atoms with E-state index in [-0.39, 0.29) is 21.2 Å². The van der Waals surface area contributed by atoms with E-state index in [2.05, 4.69) is 12.2 Å². The van der Waals surface area contributed by atoms with Gasteiger partial charge in [-0.05, 0) is 49.1 Å². The lowest BCUT2D eigenvalue weighted by Crippen LogP contribution is -2.37. The van der Waals surface area contributed by atoms with Crippen molar-refractivity contribution in [2.24, 2.45) is 5.92 Å². The van der Waals surface area contributed by atoms with Gasteiger partial charge in [0.2, 0.25) is 10.0 Å². The minimum atomic E-state index is -3.75. The van der Waals surface area contributed by atoms with Gasteiger partial charge < -0.3 is 5.32 Å². The smallest absolute Gasteiger partial charge is 0.257 e. The van der Waals surface area contributed by atoms with Crippen LogP contribution in [0.2, 0.25) is 5.02 Å². The molecule has 0 saturated carbocycles. The van der Waals surface area contributed by atoms with E-state index in [1.807, 2.05) is 0 Å². The number of rotatable bonds is 4. The quantitative estimate of drug-likeness (QED) is 0.823. The van der Waals surface area contributed by atoms with Crippen LogP contribution in [0.15, 0.2) is 47.4 Å². The fraction of sp³-hybridized carbons (Fsp3) is 0.316. The van der Waals surface area contributed by atoms with Crippen molar-refractivity contribution >= 4 is 33.2 Å². The summed E-state index contributed by atoms with van der Waals surface area (Å²) >= 11 is 5.97. The summed E-state index contributed by atoms with van der Waals surface area (Å²) in [5, 5.41) is 2.67. The Balaban J connectivity index is 1.79. The molecular weight excluding hydrogens is 391 g/mol. The molecule has 0 unspecified atom stereocenters. The molecule has 0 radical (unpaired) electrons. The van der Waals surface area contributed by atoms with Crippen LogP contribution < -0.4 is 5.32 Å². The summed E-state index contributed by atoms with van der Waals surface area (Å²) in [4.78, 5) is 12.1. The third-order valence-corrected chi connectivity index (χ3v) is 6.91. The highest BCUT2D eigenvalue weighted by molar-refractivity contribution is 7.89. The Bertz CT molecular complexity index is 957. The molecule has 27 heavy (non-hydrogen) atoms. The number of hydrogen-bond donors (Lipinski definition) is 1. The number of sulfonamides is 1. The summed E-state index contributed by atoms with van der Waals surface area (Å²) in [6.45, 7) is 2.94. The minimum Gasteiger partial charge on any atom is -0.319 e. The molecule has 144 valence electrons. The Labute approximate surface area is 163 Å². The molecule has 1 amide bonds. The lowest BCUT2D eigenvalue weighted by atomic mass is 10.0. The standard InChI is InChI=1S/C19H20ClFN2O3S/c1-13-8-10-23(11-9-13)27(25,26)14-6-7-18(17(21)12-14)22-19(24)15-4-2-3-5-16(15)20/h2-7,12-13H,8-11H2,1H3,(H,22,24). The Morgan fingerprint density at radius 3 is 2.48 bits per heavy atom. The minimum absolute atomic E-state index is 0.105. The summed E-state index contributed by atoms with van der Waals surface area (Å²) in [5.41, 5.74) is 0.101. The van der Waals surface area contributed by atoms with E-state index in [4.69, 9.17) is 11.6 Å². The highest BCUT2D eigenvalue weighted by Crippen LogP contribution is 2.26. The van der Waals surface area contributed by atoms with Gasteiger partial charge in [-0.3, -0.25) is 4.79 Å². The molecule has 0 spiro atoms. The summed E-state index contributed by atoms with van der Waals surface area (Å²) in [5.74, 6) is -0.905. The fourth-order valence-corrected chi connectivity index (χ4v) is 4.67. The van der Waals surface area contributed by atoms with Gasteiger partial charge in [-0.1, -0.05) is 30.7 Å². The van der Waals surface area contributed by atoms with E-state index >= 15 is 0 Å². The Morgan fingerprint density at radius 2 is 1.85 bits per heavy atom. The monoisotopic (exact) mass is 410 g/mol. The van der Waals surface area contributed by atoms with Crippen LogP contribution in [0.3, 0.4) is 0 Å². The number of piperidine rings is 1. The first-order chi connectivity index (χ1) is 12.8. The molecule has 0 aliphatic carbocycles. The van der Waals surface area contributed by atoms with Crippen molar-refractivity contribution < 1.29 is 17.6 Å². The normalized spacial score (nSPS) is 16.3. The molecule has 1 heterocycles. The molecule has 1 aliphatic heterocycles. The van der Waals surface area contributed by atoms with Crippen molar-refractivity contribution in [3.63, 3.8) is 0 Å². The van der Waals surface area contributed by atoms with Gasteiger partial charge in [-0.15, -0.1) is 0 Å². The van der Waals surface area contributed by atoms with Crippen molar-refractivity contribution in [2.45, 2.75) is 24.7 Å². The molecule has 3 rings (SSSR count). The van der Waals surface area contributed by atoms with Gasteiger partial charge in [0.05, 0.1) is 21.2 Å². The largest absolute Gasteiger partial charge is 0.319 e. The van der Waals surface area contributed by atoms with E-state index in [1.54, 1.807) is 18.2 Å². The fourth-order valence-electron chi connectivity index (χ4n) is 2.97. The number of anilines is 1. The zero-order chi connectivity index (χ0) is 19.6. The number of hydrogen-bond acceptors (Lipinski definition) is 3.